The van der Waals surface area contributed by atoms with E-state index in [0.29, 0.717) is 38.1 Å². The van der Waals surface area contributed by atoms with Crippen LogP contribution in [0.15, 0.2) is 54.6 Å². The predicted octanol–water partition coefficient (Wildman–Crippen LogP) is 3.65. The minimum Gasteiger partial charge on any atom is -0.484 e. The highest BCUT2D eigenvalue weighted by molar-refractivity contribution is 6.03. The number of carbonyl (C=O) groups excluding carboxylic acids is 2. The van der Waals surface area contributed by atoms with Gasteiger partial charge in [-0.05, 0) is 24.3 Å². The molecule has 3 amide bonds. The first-order valence-corrected chi connectivity index (χ1v) is 9.61. The van der Waals surface area contributed by atoms with E-state index < -0.39 is 5.60 Å². The molecule has 0 unspecified atom stereocenters. The fraction of sp³-hybridized carbons (Fsp3) is 0.364. The number of fused-ring (bicyclic) bond motifs is 1. The molecule has 0 saturated carbocycles. The maximum absolute atomic E-state index is 13.3. The van der Waals surface area contributed by atoms with Crippen molar-refractivity contribution in [1.29, 1.82) is 0 Å². The number of likely N-dealkylation sites (tertiary alicyclic amines) is 1. The molecule has 0 bridgehead atoms. The number of rotatable bonds is 1. The topological polar surface area (TPSA) is 53.1 Å². The van der Waals surface area contributed by atoms with Crippen LogP contribution in [0, 0.1) is 0 Å². The van der Waals surface area contributed by atoms with Crippen molar-refractivity contribution >= 4 is 23.3 Å². The number of hydrogen-bond donors (Lipinski definition) is 0. The lowest BCUT2D eigenvalue weighted by Crippen LogP contribution is -2.52. The Morgan fingerprint density at radius 2 is 1.64 bits per heavy atom. The molecule has 0 aliphatic carbocycles. The molecule has 1 spiro atoms. The molecule has 2 heterocycles. The Bertz CT molecular complexity index is 874. The Morgan fingerprint density at radius 3 is 2.32 bits per heavy atom. The number of anilines is 2. The van der Waals surface area contributed by atoms with Gasteiger partial charge in [0.2, 0.25) is 5.91 Å². The molecule has 2 aliphatic rings. The van der Waals surface area contributed by atoms with Gasteiger partial charge in [-0.15, -0.1) is 0 Å². The number of benzene rings is 2. The van der Waals surface area contributed by atoms with Gasteiger partial charge in [0.05, 0.1) is 12.1 Å². The molecule has 0 atom stereocenters. The van der Waals surface area contributed by atoms with Crippen LogP contribution in [-0.2, 0) is 4.79 Å². The van der Waals surface area contributed by atoms with E-state index in [0.717, 1.165) is 11.4 Å². The number of amides is 3. The van der Waals surface area contributed by atoms with Gasteiger partial charge in [0.15, 0.2) is 0 Å². The van der Waals surface area contributed by atoms with E-state index in [1.807, 2.05) is 59.5 Å². The van der Waals surface area contributed by atoms with Gasteiger partial charge in [0.25, 0.3) is 0 Å². The largest absolute Gasteiger partial charge is 0.484 e. The lowest BCUT2D eigenvalue weighted by molar-refractivity contribution is -0.122. The number of para-hydroxylation sites is 3. The monoisotopic (exact) mass is 379 g/mol. The van der Waals surface area contributed by atoms with Gasteiger partial charge in [-0.3, -0.25) is 9.69 Å². The van der Waals surface area contributed by atoms with E-state index in [1.54, 1.807) is 23.9 Å². The Morgan fingerprint density at radius 1 is 1.00 bits per heavy atom. The van der Waals surface area contributed by atoms with Crippen LogP contribution in [0.4, 0.5) is 16.2 Å². The van der Waals surface area contributed by atoms with Crippen molar-refractivity contribution in [3.05, 3.63) is 54.6 Å². The summed E-state index contributed by atoms with van der Waals surface area (Å²) in [6, 6.07) is 17.4. The standard InChI is InChI=1S/C22H25N3O3/c1-23(2)21(27)24-14-12-22(13-15-24)16-20(26)25(17-8-4-3-5-9-17)18-10-6-7-11-19(18)28-22/h3-11H,12-16H2,1-2H3. The first kappa shape index (κ1) is 18.3. The second-order valence-corrected chi connectivity index (χ2v) is 7.66. The summed E-state index contributed by atoms with van der Waals surface area (Å²) in [4.78, 5) is 30.8. The minimum atomic E-state index is -0.584. The Hall–Kier alpha value is -3.02. The molecular weight excluding hydrogens is 354 g/mol. The number of urea groups is 1. The molecule has 0 radical (unpaired) electrons. The predicted molar refractivity (Wildman–Crippen MR) is 108 cm³/mol. The van der Waals surface area contributed by atoms with Crippen molar-refractivity contribution in [2.24, 2.45) is 0 Å². The second-order valence-electron chi connectivity index (χ2n) is 7.66. The van der Waals surface area contributed by atoms with Gasteiger partial charge in [0, 0.05) is 45.7 Å². The van der Waals surface area contributed by atoms with Crippen LogP contribution in [0.3, 0.4) is 0 Å². The summed E-state index contributed by atoms with van der Waals surface area (Å²) in [5.74, 6) is 0.730. The molecule has 1 saturated heterocycles. The van der Waals surface area contributed by atoms with Gasteiger partial charge in [-0.25, -0.2) is 4.79 Å². The highest BCUT2D eigenvalue weighted by atomic mass is 16.5. The fourth-order valence-electron chi connectivity index (χ4n) is 4.01. The summed E-state index contributed by atoms with van der Waals surface area (Å²) in [6.45, 7) is 1.16. The molecule has 2 aliphatic heterocycles. The first-order valence-electron chi connectivity index (χ1n) is 9.61. The van der Waals surface area contributed by atoms with Crippen LogP contribution < -0.4 is 9.64 Å². The molecule has 2 aromatic rings. The van der Waals surface area contributed by atoms with Gasteiger partial charge in [0.1, 0.15) is 11.4 Å². The van der Waals surface area contributed by atoms with Crippen LogP contribution in [0.5, 0.6) is 5.75 Å². The van der Waals surface area contributed by atoms with Crippen molar-refractivity contribution in [2.45, 2.75) is 24.9 Å². The SMILES string of the molecule is CN(C)C(=O)N1CCC2(CC1)CC(=O)N(c1ccccc1)c1ccccc1O2. The van der Waals surface area contributed by atoms with Crippen molar-refractivity contribution in [3.63, 3.8) is 0 Å². The molecule has 4 rings (SSSR count). The van der Waals surface area contributed by atoms with E-state index in [9.17, 15) is 9.59 Å². The van der Waals surface area contributed by atoms with Gasteiger partial charge in [-0.1, -0.05) is 30.3 Å². The summed E-state index contributed by atoms with van der Waals surface area (Å²) in [5, 5.41) is 0. The van der Waals surface area contributed by atoms with E-state index in [-0.39, 0.29) is 11.9 Å². The molecule has 0 aromatic heterocycles. The van der Waals surface area contributed by atoms with E-state index in [2.05, 4.69) is 0 Å². The lowest BCUT2D eigenvalue weighted by Gasteiger charge is -2.41. The fourth-order valence-corrected chi connectivity index (χ4v) is 4.01. The highest BCUT2D eigenvalue weighted by Gasteiger charge is 2.44. The third-order valence-corrected chi connectivity index (χ3v) is 5.50. The summed E-state index contributed by atoms with van der Waals surface area (Å²) in [5.41, 5.74) is 1.02. The maximum Gasteiger partial charge on any atom is 0.319 e. The summed E-state index contributed by atoms with van der Waals surface area (Å²) in [7, 11) is 3.51. The zero-order valence-corrected chi connectivity index (χ0v) is 16.3. The second kappa shape index (κ2) is 7.19. The van der Waals surface area contributed by atoms with E-state index >= 15 is 0 Å². The van der Waals surface area contributed by atoms with Crippen molar-refractivity contribution < 1.29 is 14.3 Å². The average molecular weight is 379 g/mol. The van der Waals surface area contributed by atoms with Crippen LogP contribution in [0.2, 0.25) is 0 Å². The van der Waals surface area contributed by atoms with Crippen LogP contribution >= 0.6 is 0 Å². The van der Waals surface area contributed by atoms with Crippen LogP contribution in [0.25, 0.3) is 0 Å². The van der Waals surface area contributed by atoms with E-state index in [1.165, 1.54) is 0 Å². The molecule has 2 aromatic carbocycles. The number of carbonyl (C=O) groups is 2. The number of hydrogen-bond acceptors (Lipinski definition) is 3. The lowest BCUT2D eigenvalue weighted by atomic mass is 9.87. The molecular formula is C22H25N3O3. The molecule has 6 nitrogen and oxygen atoms in total. The first-order chi connectivity index (χ1) is 13.5. The number of piperidine rings is 1. The maximum atomic E-state index is 13.3. The normalized spacial score (nSPS) is 18.3. The minimum absolute atomic E-state index is 0.00103. The molecule has 6 heteroatoms. The molecule has 28 heavy (non-hydrogen) atoms. The highest BCUT2D eigenvalue weighted by Crippen LogP contribution is 2.43. The van der Waals surface area contributed by atoms with Gasteiger partial charge in [-0.2, -0.15) is 0 Å². The Balaban J connectivity index is 1.65. The van der Waals surface area contributed by atoms with Crippen LogP contribution in [-0.4, -0.2) is 54.5 Å². The Labute approximate surface area is 165 Å². The molecule has 146 valence electrons. The van der Waals surface area contributed by atoms with Crippen LogP contribution in [0.1, 0.15) is 19.3 Å². The molecule has 0 N–H and O–H groups in total. The van der Waals surface area contributed by atoms with Crippen molar-refractivity contribution in [2.75, 3.05) is 32.1 Å². The summed E-state index contributed by atoms with van der Waals surface area (Å²) in [6.07, 6.45) is 1.56. The molecule has 1 fully saturated rings. The number of ether oxygens (including phenoxy) is 1. The third-order valence-electron chi connectivity index (χ3n) is 5.50. The third kappa shape index (κ3) is 3.30. The Kier molecular flexibility index (Phi) is 4.71. The van der Waals surface area contributed by atoms with E-state index in [4.69, 9.17) is 4.74 Å². The number of nitrogens with zero attached hydrogens (tertiary/aromatic N) is 3. The zero-order valence-electron chi connectivity index (χ0n) is 16.3. The van der Waals surface area contributed by atoms with Gasteiger partial charge < -0.3 is 14.5 Å². The van der Waals surface area contributed by atoms with Gasteiger partial charge >= 0.3 is 6.03 Å². The van der Waals surface area contributed by atoms with Crippen molar-refractivity contribution in [1.82, 2.24) is 9.80 Å². The quantitative estimate of drug-likeness (QED) is 0.760. The summed E-state index contributed by atoms with van der Waals surface area (Å²) < 4.78 is 6.48. The summed E-state index contributed by atoms with van der Waals surface area (Å²) >= 11 is 0. The average Bonchev–Trinajstić information content (AvgIpc) is 2.81. The smallest absolute Gasteiger partial charge is 0.319 e. The zero-order chi connectivity index (χ0) is 19.7. The van der Waals surface area contributed by atoms with Crippen molar-refractivity contribution in [3.8, 4) is 5.75 Å².